The third kappa shape index (κ3) is 7.36. The summed E-state index contributed by atoms with van der Waals surface area (Å²) in [7, 11) is 0. The molecule has 2 aromatic heterocycles. The highest BCUT2D eigenvalue weighted by atomic mass is 35.5. The monoisotopic (exact) mass is 695 g/mol. The molecule has 0 bridgehead atoms. The Morgan fingerprint density at radius 2 is 1.78 bits per heavy atom. The Balaban J connectivity index is 1.09. The number of hydrogen-bond donors (Lipinski definition) is 0. The first-order chi connectivity index (χ1) is 23.1. The quantitative estimate of drug-likeness (QED) is 0.260. The van der Waals surface area contributed by atoms with Crippen molar-refractivity contribution >= 4 is 29.4 Å². The average Bonchev–Trinajstić information content (AvgIpc) is 2.98. The largest absolute Gasteiger partial charge is 0.490 e. The van der Waals surface area contributed by atoms with Crippen molar-refractivity contribution in [3.63, 3.8) is 0 Å². The highest BCUT2D eigenvalue weighted by Crippen LogP contribution is 2.51. The van der Waals surface area contributed by atoms with Crippen LogP contribution in [0.4, 0.5) is 15.0 Å². The molecule has 2 amide bonds. The van der Waals surface area contributed by atoms with E-state index in [0.29, 0.717) is 38.4 Å². The first-order valence-corrected chi connectivity index (χ1v) is 17.1. The Kier molecular flexibility index (Phi) is 9.33. The minimum atomic E-state index is -0.571. The molecular weight excluding hydrogens is 653 g/mol. The van der Waals surface area contributed by atoms with Gasteiger partial charge in [0.15, 0.2) is 11.0 Å². The molecule has 2 fully saturated rings. The van der Waals surface area contributed by atoms with Gasteiger partial charge in [0.2, 0.25) is 0 Å². The van der Waals surface area contributed by atoms with Crippen LogP contribution in [0, 0.1) is 11.2 Å². The van der Waals surface area contributed by atoms with Crippen LogP contribution >= 0.6 is 11.6 Å². The van der Waals surface area contributed by atoms with Gasteiger partial charge in [-0.05, 0) is 85.6 Å². The highest BCUT2D eigenvalue weighted by Gasteiger charge is 2.54. The lowest BCUT2D eigenvalue weighted by atomic mass is 9.61. The van der Waals surface area contributed by atoms with Crippen LogP contribution < -0.4 is 14.4 Å². The molecule has 6 rings (SSSR count). The summed E-state index contributed by atoms with van der Waals surface area (Å²) in [5.74, 6) is 0.384. The van der Waals surface area contributed by atoms with E-state index in [-0.39, 0.29) is 58.1 Å². The van der Waals surface area contributed by atoms with Crippen LogP contribution in [0.2, 0.25) is 5.15 Å². The van der Waals surface area contributed by atoms with Gasteiger partial charge in [0.1, 0.15) is 29.0 Å². The Labute approximate surface area is 290 Å². The van der Waals surface area contributed by atoms with Crippen LogP contribution in [0.15, 0.2) is 30.5 Å². The zero-order chi connectivity index (χ0) is 35.2. The summed E-state index contributed by atoms with van der Waals surface area (Å²) >= 11 is 6.44. The van der Waals surface area contributed by atoms with E-state index in [1.165, 1.54) is 12.1 Å². The molecule has 1 aromatic carbocycles. The van der Waals surface area contributed by atoms with E-state index in [9.17, 15) is 14.0 Å². The lowest BCUT2D eigenvalue weighted by molar-refractivity contribution is -0.0352. The number of amides is 2. The number of benzene rings is 1. The second-order valence-corrected chi connectivity index (χ2v) is 15.1. The SMILES string of the molecule is CC(C)N(C(=O)c1cc(F)ccc1Oc1nnc(Cl)c(N2CC3(CC(Oc4ccnc5c4CN(C(=O)OC(C)(C)C)CC5)C3)C2)n1)C(C)C. The Bertz CT molecular complexity index is 1730. The van der Waals surface area contributed by atoms with Crippen LogP contribution in [0.1, 0.15) is 82.9 Å². The van der Waals surface area contributed by atoms with Gasteiger partial charge in [-0.3, -0.25) is 9.78 Å². The standard InChI is InChI=1S/C35H43ClFN7O5/c1-20(2)44(21(3)4)31(45)24-14-22(37)8-9-27(24)48-32-39-30(29(36)40-41-32)43-18-35(19-43)15-23(16-35)47-28-10-12-38-26-11-13-42(17-25(26)28)33(46)49-34(5,6)7/h8-10,12,14,20-21,23H,11,13,15-19H2,1-7H3. The highest BCUT2D eigenvalue weighted by molar-refractivity contribution is 6.31. The van der Waals surface area contributed by atoms with Gasteiger partial charge < -0.3 is 28.9 Å². The summed E-state index contributed by atoms with van der Waals surface area (Å²) in [6.45, 7) is 15.5. The molecule has 14 heteroatoms. The smallest absolute Gasteiger partial charge is 0.410 e. The van der Waals surface area contributed by atoms with Crippen molar-refractivity contribution in [2.24, 2.45) is 5.41 Å². The maximum atomic E-state index is 14.3. The van der Waals surface area contributed by atoms with E-state index in [1.54, 1.807) is 16.0 Å². The molecule has 3 aliphatic rings. The number of pyridine rings is 1. The zero-order valence-corrected chi connectivity index (χ0v) is 29.8. The molecule has 1 saturated carbocycles. The topological polar surface area (TPSA) is 123 Å². The number of carbonyl (C=O) groups excluding carboxylic acids is 2. The van der Waals surface area contributed by atoms with Gasteiger partial charge in [-0.15, -0.1) is 5.10 Å². The van der Waals surface area contributed by atoms with E-state index in [2.05, 4.69) is 20.2 Å². The predicted molar refractivity (Wildman–Crippen MR) is 181 cm³/mol. The molecule has 12 nitrogen and oxygen atoms in total. The molecule has 1 aliphatic carbocycles. The third-order valence-corrected chi connectivity index (χ3v) is 9.26. The summed E-state index contributed by atoms with van der Waals surface area (Å²) in [5, 5.41) is 8.18. The first-order valence-electron chi connectivity index (χ1n) is 16.7. The van der Waals surface area contributed by atoms with Crippen molar-refractivity contribution in [2.45, 2.75) is 98.1 Å². The fourth-order valence-corrected chi connectivity index (χ4v) is 7.14. The van der Waals surface area contributed by atoms with Gasteiger partial charge in [-0.2, -0.15) is 4.98 Å². The van der Waals surface area contributed by atoms with E-state index < -0.39 is 11.4 Å². The normalized spacial score (nSPS) is 17.0. The third-order valence-electron chi connectivity index (χ3n) is 9.02. The molecule has 0 N–H and O–H groups in total. The summed E-state index contributed by atoms with van der Waals surface area (Å²) in [6.07, 6.45) is 3.78. The number of anilines is 1. The van der Waals surface area contributed by atoms with E-state index >= 15 is 0 Å². The molecule has 0 radical (unpaired) electrons. The summed E-state index contributed by atoms with van der Waals surface area (Å²) in [4.78, 5) is 40.6. The number of hydrogen-bond acceptors (Lipinski definition) is 10. The second kappa shape index (κ2) is 13.2. The van der Waals surface area contributed by atoms with Crippen molar-refractivity contribution in [2.75, 3.05) is 24.5 Å². The summed E-state index contributed by atoms with van der Waals surface area (Å²) in [6, 6.07) is 5.32. The summed E-state index contributed by atoms with van der Waals surface area (Å²) in [5.41, 5.74) is 1.41. The van der Waals surface area contributed by atoms with Gasteiger partial charge in [0.05, 0.1) is 17.8 Å². The maximum Gasteiger partial charge on any atom is 0.410 e. The number of fused-ring (bicyclic) bond motifs is 1. The zero-order valence-electron chi connectivity index (χ0n) is 29.0. The number of halogens is 2. The number of ether oxygens (including phenoxy) is 3. The molecule has 49 heavy (non-hydrogen) atoms. The van der Waals surface area contributed by atoms with Crippen molar-refractivity contribution < 1.29 is 28.2 Å². The van der Waals surface area contributed by atoms with Crippen LogP contribution in [-0.2, 0) is 17.7 Å². The fraction of sp³-hybridized carbons (Fsp3) is 0.543. The van der Waals surface area contributed by atoms with Gasteiger partial charge in [-0.25, -0.2) is 9.18 Å². The van der Waals surface area contributed by atoms with Crippen LogP contribution in [0.3, 0.4) is 0 Å². The van der Waals surface area contributed by atoms with Crippen molar-refractivity contribution in [3.8, 4) is 17.5 Å². The first kappa shape index (κ1) is 34.6. The molecule has 0 atom stereocenters. The Morgan fingerprint density at radius 1 is 1.06 bits per heavy atom. The lowest BCUT2D eigenvalue weighted by Crippen LogP contribution is -2.65. The van der Waals surface area contributed by atoms with E-state index in [0.717, 1.165) is 35.9 Å². The van der Waals surface area contributed by atoms with Crippen LogP contribution in [-0.4, -0.2) is 85.4 Å². The van der Waals surface area contributed by atoms with E-state index in [4.69, 9.17) is 25.8 Å². The molecule has 1 saturated heterocycles. The molecule has 0 unspecified atom stereocenters. The number of carbonyl (C=O) groups is 2. The van der Waals surface area contributed by atoms with Gasteiger partial charge in [0.25, 0.3) is 5.91 Å². The number of aromatic nitrogens is 4. The molecule has 262 valence electrons. The number of rotatable bonds is 8. The Hall–Kier alpha value is -4.26. The predicted octanol–water partition coefficient (Wildman–Crippen LogP) is 6.45. The minimum Gasteiger partial charge on any atom is -0.490 e. The molecule has 2 aliphatic heterocycles. The van der Waals surface area contributed by atoms with Gasteiger partial charge in [0, 0.05) is 55.3 Å². The van der Waals surface area contributed by atoms with E-state index in [1.807, 2.05) is 59.4 Å². The maximum absolute atomic E-state index is 14.3. The number of nitrogens with zero attached hydrogens (tertiary/aromatic N) is 7. The lowest BCUT2D eigenvalue weighted by Gasteiger charge is -2.58. The second-order valence-electron chi connectivity index (χ2n) is 14.7. The molecule has 3 aromatic rings. The molecule has 1 spiro atoms. The van der Waals surface area contributed by atoms with Crippen molar-refractivity contribution in [1.82, 2.24) is 30.0 Å². The van der Waals surface area contributed by atoms with Crippen molar-refractivity contribution in [1.29, 1.82) is 0 Å². The average molecular weight is 696 g/mol. The fourth-order valence-electron chi connectivity index (χ4n) is 6.94. The molecule has 4 heterocycles. The summed E-state index contributed by atoms with van der Waals surface area (Å²) < 4.78 is 32.3. The van der Waals surface area contributed by atoms with Crippen LogP contribution in [0.25, 0.3) is 0 Å². The van der Waals surface area contributed by atoms with Crippen LogP contribution in [0.5, 0.6) is 17.5 Å². The van der Waals surface area contributed by atoms with Gasteiger partial charge >= 0.3 is 12.1 Å². The van der Waals surface area contributed by atoms with Gasteiger partial charge in [-0.1, -0.05) is 16.7 Å². The van der Waals surface area contributed by atoms with Crippen molar-refractivity contribution in [3.05, 3.63) is 58.3 Å². The minimum absolute atomic E-state index is 0.0223. The molecular formula is C35H43ClFN7O5. The Morgan fingerprint density at radius 3 is 2.45 bits per heavy atom.